The van der Waals surface area contributed by atoms with Crippen molar-refractivity contribution in [3.8, 4) is 28.7 Å². The van der Waals surface area contributed by atoms with Crippen LogP contribution in [-0.2, 0) is 0 Å². The lowest BCUT2D eigenvalue weighted by Gasteiger charge is -2.08. The molecule has 122 valence electrons. The Morgan fingerprint density at radius 2 is 0.957 bits per heavy atom. The van der Waals surface area contributed by atoms with Crippen LogP contribution in [0.3, 0.4) is 0 Å². The van der Waals surface area contributed by atoms with Gasteiger partial charge in [0.2, 0.25) is 0 Å². The van der Waals surface area contributed by atoms with Crippen LogP contribution in [0.4, 0.5) is 0 Å². The molecule has 0 unspecified atom stereocenters. The molecule has 23 heavy (non-hydrogen) atoms. The Morgan fingerprint density at radius 1 is 0.565 bits per heavy atom. The Labute approximate surface area is 136 Å². The number of rotatable bonds is 7. The molecule has 0 radical (unpaired) electrons. The molecule has 0 amide bonds. The number of hydrogen-bond donors (Lipinski definition) is 0. The Morgan fingerprint density at radius 3 is 1.39 bits per heavy atom. The van der Waals surface area contributed by atoms with E-state index in [0.717, 1.165) is 5.56 Å². The van der Waals surface area contributed by atoms with Crippen LogP contribution in [0.2, 0.25) is 0 Å². The van der Waals surface area contributed by atoms with E-state index in [1.165, 1.54) is 0 Å². The van der Waals surface area contributed by atoms with Crippen molar-refractivity contribution >= 4 is 6.08 Å². The summed E-state index contributed by atoms with van der Waals surface area (Å²) in [5.41, 5.74) is 0.899. The van der Waals surface area contributed by atoms with Crippen LogP contribution >= 0.6 is 0 Å². The van der Waals surface area contributed by atoms with E-state index in [1.54, 1.807) is 52.9 Å². The van der Waals surface area contributed by atoms with Crippen LogP contribution in [0.15, 0.2) is 42.7 Å². The molecule has 0 saturated carbocycles. The molecule has 0 aliphatic rings. The minimum Gasteiger partial charge on any atom is -0.497 e. The van der Waals surface area contributed by atoms with Crippen LogP contribution in [0, 0.1) is 0 Å². The maximum absolute atomic E-state index is 5.62. The van der Waals surface area contributed by atoms with Crippen molar-refractivity contribution in [3.05, 3.63) is 48.2 Å². The lowest BCUT2D eigenvalue weighted by atomic mass is 10.2. The predicted molar refractivity (Wildman–Crippen MR) is 88.8 cm³/mol. The van der Waals surface area contributed by atoms with E-state index in [1.807, 2.05) is 24.3 Å². The lowest BCUT2D eigenvalue weighted by molar-refractivity contribution is 0.386. The summed E-state index contributed by atoms with van der Waals surface area (Å²) in [6, 6.07) is 10.9. The summed E-state index contributed by atoms with van der Waals surface area (Å²) in [6.07, 6.45) is 3.40. The van der Waals surface area contributed by atoms with Gasteiger partial charge >= 0.3 is 0 Å². The molecular formula is C18H20O5. The average molecular weight is 316 g/mol. The molecule has 0 fully saturated rings. The second kappa shape index (κ2) is 7.98. The highest BCUT2D eigenvalue weighted by atomic mass is 16.5. The van der Waals surface area contributed by atoms with Gasteiger partial charge in [-0.2, -0.15) is 0 Å². The zero-order valence-corrected chi connectivity index (χ0v) is 13.7. The fraction of sp³-hybridized carbons (Fsp3) is 0.222. The topological polar surface area (TPSA) is 46.2 Å². The van der Waals surface area contributed by atoms with E-state index in [2.05, 4.69) is 0 Å². The Hall–Kier alpha value is -2.82. The van der Waals surface area contributed by atoms with E-state index in [9.17, 15) is 0 Å². The van der Waals surface area contributed by atoms with Crippen molar-refractivity contribution < 1.29 is 23.7 Å². The van der Waals surface area contributed by atoms with Gasteiger partial charge in [0.25, 0.3) is 0 Å². The van der Waals surface area contributed by atoms with E-state index < -0.39 is 0 Å². The third-order valence-electron chi connectivity index (χ3n) is 3.16. The van der Waals surface area contributed by atoms with Crippen molar-refractivity contribution in [2.45, 2.75) is 0 Å². The molecule has 2 aromatic carbocycles. The molecule has 0 bridgehead atoms. The second-order valence-corrected chi connectivity index (χ2v) is 4.61. The van der Waals surface area contributed by atoms with Gasteiger partial charge in [-0.1, -0.05) is 0 Å². The summed E-state index contributed by atoms with van der Waals surface area (Å²) in [4.78, 5) is 0. The first-order valence-electron chi connectivity index (χ1n) is 6.98. The van der Waals surface area contributed by atoms with Crippen molar-refractivity contribution in [2.24, 2.45) is 0 Å². The van der Waals surface area contributed by atoms with Gasteiger partial charge in [-0.15, -0.1) is 0 Å². The third kappa shape index (κ3) is 4.57. The highest BCUT2D eigenvalue weighted by molar-refractivity contribution is 5.55. The molecule has 5 nitrogen and oxygen atoms in total. The normalized spacial score (nSPS) is 10.4. The fourth-order valence-corrected chi connectivity index (χ4v) is 1.97. The summed E-state index contributed by atoms with van der Waals surface area (Å²) in [6.45, 7) is 0. The first-order chi connectivity index (χ1) is 11.2. The molecule has 0 N–H and O–H groups in total. The van der Waals surface area contributed by atoms with Crippen LogP contribution in [0.25, 0.3) is 6.08 Å². The summed E-state index contributed by atoms with van der Waals surface area (Å²) in [5.74, 6) is 3.37. The zero-order chi connectivity index (χ0) is 16.7. The lowest BCUT2D eigenvalue weighted by Crippen LogP contribution is -1.90. The largest absolute Gasteiger partial charge is 0.497 e. The maximum Gasteiger partial charge on any atom is 0.133 e. The minimum absolute atomic E-state index is 0.618. The summed E-state index contributed by atoms with van der Waals surface area (Å²) < 4.78 is 26.5. The molecule has 5 heteroatoms. The fourth-order valence-electron chi connectivity index (χ4n) is 1.97. The quantitative estimate of drug-likeness (QED) is 0.728. The van der Waals surface area contributed by atoms with Crippen molar-refractivity contribution in [3.63, 3.8) is 0 Å². The number of hydrogen-bond acceptors (Lipinski definition) is 5. The van der Waals surface area contributed by atoms with Crippen molar-refractivity contribution in [2.75, 3.05) is 28.4 Å². The van der Waals surface area contributed by atoms with Crippen LogP contribution in [0.5, 0.6) is 28.7 Å². The van der Waals surface area contributed by atoms with Gasteiger partial charge in [-0.05, 0) is 23.8 Å². The Bertz CT molecular complexity index is 635. The predicted octanol–water partition coefficient (Wildman–Crippen LogP) is 3.77. The highest BCUT2D eigenvalue weighted by Crippen LogP contribution is 2.28. The van der Waals surface area contributed by atoms with E-state index in [-0.39, 0.29) is 0 Å². The highest BCUT2D eigenvalue weighted by Gasteiger charge is 2.02. The molecule has 2 aromatic rings. The second-order valence-electron chi connectivity index (χ2n) is 4.61. The van der Waals surface area contributed by atoms with Gasteiger partial charge < -0.3 is 23.7 Å². The van der Waals surface area contributed by atoms with Gasteiger partial charge in [-0.3, -0.25) is 0 Å². The average Bonchev–Trinajstić information content (AvgIpc) is 2.60. The molecule has 0 heterocycles. The Kier molecular flexibility index (Phi) is 5.74. The van der Waals surface area contributed by atoms with Crippen LogP contribution < -0.4 is 23.7 Å². The molecule has 0 saturated heterocycles. The van der Waals surface area contributed by atoms with Gasteiger partial charge in [0.15, 0.2) is 0 Å². The SMILES string of the molecule is COc1cc(/C=C/Oc2cc(OC)cc(OC)c2)cc(OC)c1. The molecular weight excluding hydrogens is 296 g/mol. The number of ether oxygens (including phenoxy) is 5. The molecule has 0 atom stereocenters. The third-order valence-corrected chi connectivity index (χ3v) is 3.16. The molecule has 2 rings (SSSR count). The monoisotopic (exact) mass is 316 g/mol. The summed E-state index contributed by atoms with van der Waals surface area (Å²) >= 11 is 0. The molecule has 0 aliphatic carbocycles. The van der Waals surface area contributed by atoms with Gasteiger partial charge in [0.1, 0.15) is 28.7 Å². The van der Waals surface area contributed by atoms with E-state index in [0.29, 0.717) is 28.7 Å². The first kappa shape index (κ1) is 16.5. The number of methoxy groups -OCH3 is 4. The minimum atomic E-state index is 0.618. The summed E-state index contributed by atoms with van der Waals surface area (Å²) in [7, 11) is 6.41. The smallest absolute Gasteiger partial charge is 0.133 e. The zero-order valence-electron chi connectivity index (χ0n) is 13.7. The van der Waals surface area contributed by atoms with Crippen molar-refractivity contribution in [1.29, 1.82) is 0 Å². The molecule has 0 spiro atoms. The van der Waals surface area contributed by atoms with Gasteiger partial charge in [-0.25, -0.2) is 0 Å². The van der Waals surface area contributed by atoms with E-state index in [4.69, 9.17) is 23.7 Å². The Balaban J connectivity index is 2.15. The molecule has 0 aliphatic heterocycles. The van der Waals surface area contributed by atoms with Gasteiger partial charge in [0.05, 0.1) is 34.7 Å². The number of benzene rings is 2. The van der Waals surface area contributed by atoms with Gasteiger partial charge in [0, 0.05) is 24.3 Å². The van der Waals surface area contributed by atoms with Crippen LogP contribution in [-0.4, -0.2) is 28.4 Å². The summed E-state index contributed by atoms with van der Waals surface area (Å²) in [5, 5.41) is 0. The van der Waals surface area contributed by atoms with Crippen molar-refractivity contribution in [1.82, 2.24) is 0 Å². The first-order valence-corrected chi connectivity index (χ1v) is 6.98. The maximum atomic E-state index is 5.62. The van der Waals surface area contributed by atoms with Crippen LogP contribution in [0.1, 0.15) is 5.56 Å². The van der Waals surface area contributed by atoms with E-state index >= 15 is 0 Å². The molecule has 0 aromatic heterocycles. The standard InChI is InChI=1S/C18H20O5/c1-19-14-7-13(8-15(9-14)20-2)5-6-23-18-11-16(21-3)10-17(12-18)22-4/h5-12H,1-4H3/b6-5+.